The van der Waals surface area contributed by atoms with Crippen molar-refractivity contribution < 1.29 is 0 Å². The summed E-state index contributed by atoms with van der Waals surface area (Å²) in [6.07, 6.45) is 5.29. The average Bonchev–Trinajstić information content (AvgIpc) is 2.65. The Kier molecular flexibility index (Phi) is 4.11. The van der Waals surface area contributed by atoms with E-state index in [2.05, 4.69) is 37.4 Å². The van der Waals surface area contributed by atoms with E-state index in [1.807, 2.05) is 0 Å². The van der Waals surface area contributed by atoms with Crippen LogP contribution in [0.5, 0.6) is 0 Å². The zero-order chi connectivity index (χ0) is 12.5. The molecule has 2 nitrogen and oxygen atoms in total. The standard InChI is InChI=1S/C14H28N2S/c1-4-12-10-16(8-9-17-12)14(11-15)7-5-6-13(14,2)3/h12H,4-11,15H2,1-3H3. The van der Waals surface area contributed by atoms with Gasteiger partial charge in [0.1, 0.15) is 0 Å². The number of thioether (sulfide) groups is 1. The summed E-state index contributed by atoms with van der Waals surface area (Å²) in [7, 11) is 0. The molecule has 2 N–H and O–H groups in total. The SMILES string of the molecule is CCC1CN(C2(CN)CCCC2(C)C)CCS1. The van der Waals surface area contributed by atoms with Crippen LogP contribution in [0.2, 0.25) is 0 Å². The van der Waals surface area contributed by atoms with E-state index >= 15 is 0 Å². The fourth-order valence-electron chi connectivity index (χ4n) is 3.84. The van der Waals surface area contributed by atoms with E-state index in [4.69, 9.17) is 5.73 Å². The first-order chi connectivity index (χ1) is 8.05. The third kappa shape index (κ3) is 2.26. The fourth-order valence-corrected chi connectivity index (χ4v) is 5.02. The van der Waals surface area contributed by atoms with Crippen molar-refractivity contribution in [1.82, 2.24) is 4.90 Å². The van der Waals surface area contributed by atoms with Gasteiger partial charge in [0.15, 0.2) is 0 Å². The van der Waals surface area contributed by atoms with Crippen LogP contribution in [0.25, 0.3) is 0 Å². The van der Waals surface area contributed by atoms with Crippen molar-refractivity contribution in [2.24, 2.45) is 11.1 Å². The number of hydrogen-bond acceptors (Lipinski definition) is 3. The molecule has 2 atom stereocenters. The van der Waals surface area contributed by atoms with Crippen LogP contribution in [0.15, 0.2) is 0 Å². The Morgan fingerprint density at radius 1 is 1.35 bits per heavy atom. The molecule has 1 aliphatic carbocycles. The van der Waals surface area contributed by atoms with Gasteiger partial charge in [-0.2, -0.15) is 11.8 Å². The summed E-state index contributed by atoms with van der Waals surface area (Å²) in [5, 5.41) is 0.823. The largest absolute Gasteiger partial charge is 0.329 e. The second-order valence-electron chi connectivity index (χ2n) is 6.32. The molecule has 1 saturated heterocycles. The molecule has 0 amide bonds. The lowest BCUT2D eigenvalue weighted by Gasteiger charge is -2.52. The Bertz CT molecular complexity index is 267. The van der Waals surface area contributed by atoms with E-state index in [1.165, 1.54) is 44.5 Å². The molecule has 0 aromatic rings. The number of nitrogens with two attached hydrogens (primary N) is 1. The third-order valence-corrected chi connectivity index (χ3v) is 6.56. The van der Waals surface area contributed by atoms with E-state index < -0.39 is 0 Å². The summed E-state index contributed by atoms with van der Waals surface area (Å²) in [4.78, 5) is 2.74. The molecule has 2 aliphatic rings. The van der Waals surface area contributed by atoms with Gasteiger partial charge < -0.3 is 5.73 Å². The van der Waals surface area contributed by atoms with Crippen LogP contribution in [0.1, 0.15) is 46.5 Å². The summed E-state index contributed by atoms with van der Waals surface area (Å²) in [5.41, 5.74) is 6.88. The molecule has 1 aliphatic heterocycles. The molecule has 100 valence electrons. The van der Waals surface area contributed by atoms with Crippen molar-refractivity contribution in [3.8, 4) is 0 Å². The van der Waals surface area contributed by atoms with Crippen LogP contribution in [0.3, 0.4) is 0 Å². The van der Waals surface area contributed by atoms with Crippen LogP contribution < -0.4 is 5.73 Å². The van der Waals surface area contributed by atoms with Crippen molar-refractivity contribution in [3.63, 3.8) is 0 Å². The highest BCUT2D eigenvalue weighted by Gasteiger charge is 2.52. The first-order valence-electron chi connectivity index (χ1n) is 7.12. The molecule has 1 saturated carbocycles. The summed E-state index contributed by atoms with van der Waals surface area (Å²) in [6.45, 7) is 10.5. The quantitative estimate of drug-likeness (QED) is 0.842. The average molecular weight is 256 g/mol. The zero-order valence-corrected chi connectivity index (χ0v) is 12.5. The van der Waals surface area contributed by atoms with Crippen molar-refractivity contribution in [1.29, 1.82) is 0 Å². The van der Waals surface area contributed by atoms with E-state index in [-0.39, 0.29) is 5.54 Å². The molecule has 0 bridgehead atoms. The molecule has 0 spiro atoms. The van der Waals surface area contributed by atoms with Crippen molar-refractivity contribution in [2.75, 3.05) is 25.4 Å². The predicted octanol–water partition coefficient (Wildman–Crippen LogP) is 2.72. The zero-order valence-electron chi connectivity index (χ0n) is 11.7. The Morgan fingerprint density at radius 2 is 2.12 bits per heavy atom. The summed E-state index contributed by atoms with van der Waals surface area (Å²) < 4.78 is 0. The van der Waals surface area contributed by atoms with Crippen molar-refractivity contribution in [3.05, 3.63) is 0 Å². The molecule has 0 aromatic carbocycles. The monoisotopic (exact) mass is 256 g/mol. The lowest BCUT2D eigenvalue weighted by molar-refractivity contribution is 0.0150. The summed E-state index contributed by atoms with van der Waals surface area (Å²) in [6, 6.07) is 0. The minimum absolute atomic E-state index is 0.279. The van der Waals surface area contributed by atoms with Gasteiger partial charge in [-0.3, -0.25) is 4.90 Å². The second kappa shape index (κ2) is 5.10. The van der Waals surface area contributed by atoms with E-state index in [9.17, 15) is 0 Å². The summed E-state index contributed by atoms with van der Waals surface area (Å²) >= 11 is 2.15. The van der Waals surface area contributed by atoms with Gasteiger partial charge in [-0.05, 0) is 24.7 Å². The molecule has 2 rings (SSSR count). The molecule has 1 heterocycles. The first kappa shape index (κ1) is 13.7. The van der Waals surface area contributed by atoms with Gasteiger partial charge in [0.05, 0.1) is 0 Å². The highest BCUT2D eigenvalue weighted by Crippen LogP contribution is 2.50. The van der Waals surface area contributed by atoms with Crippen LogP contribution in [-0.4, -0.2) is 41.1 Å². The van der Waals surface area contributed by atoms with Gasteiger partial charge >= 0.3 is 0 Å². The molecular formula is C14H28N2S. The fraction of sp³-hybridized carbons (Fsp3) is 1.00. The Hall–Kier alpha value is 0.270. The van der Waals surface area contributed by atoms with Gasteiger partial charge in [0, 0.05) is 36.2 Å². The molecule has 2 fully saturated rings. The lowest BCUT2D eigenvalue weighted by Crippen LogP contribution is -2.62. The van der Waals surface area contributed by atoms with Gasteiger partial charge in [-0.1, -0.05) is 27.2 Å². The maximum Gasteiger partial charge on any atom is 0.0383 e. The van der Waals surface area contributed by atoms with Crippen LogP contribution >= 0.6 is 11.8 Å². The molecule has 17 heavy (non-hydrogen) atoms. The Balaban J connectivity index is 2.17. The highest BCUT2D eigenvalue weighted by atomic mass is 32.2. The predicted molar refractivity (Wildman–Crippen MR) is 77.5 cm³/mol. The summed E-state index contributed by atoms with van der Waals surface area (Å²) in [5.74, 6) is 1.29. The molecular weight excluding hydrogens is 228 g/mol. The van der Waals surface area contributed by atoms with Gasteiger partial charge in [-0.15, -0.1) is 0 Å². The highest BCUT2D eigenvalue weighted by molar-refractivity contribution is 8.00. The Morgan fingerprint density at radius 3 is 2.65 bits per heavy atom. The third-order valence-electron chi connectivity index (χ3n) is 5.19. The Labute approximate surface area is 111 Å². The molecule has 3 heteroatoms. The minimum atomic E-state index is 0.279. The van der Waals surface area contributed by atoms with E-state index in [1.54, 1.807) is 0 Å². The van der Waals surface area contributed by atoms with E-state index in [0.717, 1.165) is 11.8 Å². The molecule has 2 unspecified atom stereocenters. The van der Waals surface area contributed by atoms with Crippen LogP contribution in [-0.2, 0) is 0 Å². The number of hydrogen-bond donors (Lipinski definition) is 1. The van der Waals surface area contributed by atoms with Crippen LogP contribution in [0.4, 0.5) is 0 Å². The lowest BCUT2D eigenvalue weighted by atomic mass is 9.73. The first-order valence-corrected chi connectivity index (χ1v) is 8.17. The van der Waals surface area contributed by atoms with Crippen molar-refractivity contribution in [2.45, 2.75) is 57.2 Å². The number of nitrogens with zero attached hydrogens (tertiary/aromatic N) is 1. The maximum atomic E-state index is 6.21. The van der Waals surface area contributed by atoms with Gasteiger partial charge in [0.25, 0.3) is 0 Å². The molecule has 0 radical (unpaired) electrons. The van der Waals surface area contributed by atoms with Crippen molar-refractivity contribution >= 4 is 11.8 Å². The topological polar surface area (TPSA) is 29.3 Å². The number of rotatable bonds is 3. The normalized spacial score (nSPS) is 38.5. The minimum Gasteiger partial charge on any atom is -0.329 e. The maximum absolute atomic E-state index is 6.21. The smallest absolute Gasteiger partial charge is 0.0383 e. The second-order valence-corrected chi connectivity index (χ2v) is 7.73. The van der Waals surface area contributed by atoms with Crippen LogP contribution in [0, 0.1) is 5.41 Å². The van der Waals surface area contributed by atoms with Gasteiger partial charge in [0.2, 0.25) is 0 Å². The van der Waals surface area contributed by atoms with Gasteiger partial charge in [-0.25, -0.2) is 0 Å². The molecule has 0 aromatic heterocycles. The van der Waals surface area contributed by atoms with E-state index in [0.29, 0.717) is 5.41 Å².